The Kier molecular flexibility index (Phi) is 13.9. The van der Waals surface area contributed by atoms with Gasteiger partial charge in [-0.15, -0.1) is 25.3 Å². The SMILES string of the molecule is CCN1C(=CC=CC=CC2=[N+](CCCCC(=O)O)c3ccc4c(S(=O)(=O)O)cccc4c3C2(C)C)C(C)(C)c2c1ccc1c(C)cccc21.O=S(=O)=O.O=S(=O)=O. The molecule has 0 aliphatic carbocycles. The van der Waals surface area contributed by atoms with Crippen LogP contribution >= 0.6 is 0 Å². The van der Waals surface area contributed by atoms with Crippen LogP contribution in [0.4, 0.5) is 11.4 Å². The molecule has 57 heavy (non-hydrogen) atoms. The fourth-order valence-corrected chi connectivity index (χ4v) is 8.79. The van der Waals surface area contributed by atoms with Gasteiger partial charge in [0.1, 0.15) is 11.4 Å². The Morgan fingerprint density at radius 2 is 1.37 bits per heavy atom. The highest BCUT2D eigenvalue weighted by Gasteiger charge is 2.46. The Labute approximate surface area is 335 Å². The van der Waals surface area contributed by atoms with Crippen LogP contribution in [0, 0.1) is 6.92 Å². The van der Waals surface area contributed by atoms with Gasteiger partial charge in [0.15, 0.2) is 5.71 Å². The lowest BCUT2D eigenvalue weighted by Crippen LogP contribution is -2.28. The molecule has 0 saturated carbocycles. The van der Waals surface area contributed by atoms with Crippen molar-refractivity contribution >= 4 is 75.9 Å². The number of likely N-dealkylation sites (N-methyl/N-ethyl adjacent to an activating group) is 1. The molecule has 0 atom stereocenters. The summed E-state index contributed by atoms with van der Waals surface area (Å²) < 4.78 is 87.3. The molecular weight excluding hydrogens is 793 g/mol. The van der Waals surface area contributed by atoms with Crippen LogP contribution < -0.4 is 4.90 Å². The Morgan fingerprint density at radius 1 is 0.772 bits per heavy atom. The lowest BCUT2D eigenvalue weighted by Gasteiger charge is -2.26. The third-order valence-electron chi connectivity index (χ3n) is 10.3. The molecule has 0 amide bonds. The van der Waals surface area contributed by atoms with E-state index in [-0.39, 0.29) is 16.7 Å². The van der Waals surface area contributed by atoms with Crippen LogP contribution in [0.25, 0.3) is 21.5 Å². The standard InChI is InChI=1S/C41H44N2O5S.2O3S/c1-7-42-32-24-22-28-27(2)15-13-16-30(28)38(32)40(3,4)35(42)19-9-8-10-20-36-41(5,6)39-31-17-14-18-34(49(46,47)48)29(31)23-25-33(39)43(36)26-12-11-21-37(44)45;2*1-4(2)3/h8-10,13-20,22-25H,7,11-12,21,26H2,1-6H3,(H-,44,45,46,47,48);;/p+1. The molecule has 0 unspecified atom stereocenters. The normalized spacial score (nSPS) is 16.1. The Hall–Kier alpha value is -5.29. The van der Waals surface area contributed by atoms with Crippen molar-refractivity contribution in [2.45, 2.75) is 76.5 Å². The molecule has 2 N–H and O–H groups in total. The van der Waals surface area contributed by atoms with Crippen LogP contribution in [0.5, 0.6) is 0 Å². The number of hydrogen-bond donors (Lipinski definition) is 2. The van der Waals surface area contributed by atoms with E-state index >= 15 is 0 Å². The number of carboxylic acid groups (broad SMARTS) is 1. The molecule has 0 saturated heterocycles. The number of benzene rings is 4. The molecule has 2 aliphatic heterocycles. The first-order valence-corrected chi connectivity index (χ1v) is 21.4. The molecule has 0 spiro atoms. The van der Waals surface area contributed by atoms with Gasteiger partial charge in [-0.1, -0.05) is 68.5 Å². The van der Waals surface area contributed by atoms with E-state index in [2.05, 4.69) is 99.6 Å². The number of aryl methyl sites for hydroxylation is 1. The minimum Gasteiger partial charge on any atom is -0.481 e. The van der Waals surface area contributed by atoms with Gasteiger partial charge >= 0.3 is 27.2 Å². The molecule has 0 fully saturated rings. The maximum atomic E-state index is 12.2. The highest BCUT2D eigenvalue weighted by Crippen LogP contribution is 2.51. The van der Waals surface area contributed by atoms with Crippen LogP contribution in [-0.4, -0.2) is 72.7 Å². The van der Waals surface area contributed by atoms with Crippen LogP contribution in [0.1, 0.15) is 70.6 Å². The van der Waals surface area contributed by atoms with E-state index < -0.39 is 42.7 Å². The summed E-state index contributed by atoms with van der Waals surface area (Å²) in [6.07, 6.45) is 11.8. The number of carboxylic acids is 1. The van der Waals surface area contributed by atoms with Gasteiger partial charge < -0.3 is 10.0 Å². The van der Waals surface area contributed by atoms with Gasteiger partial charge in [-0.2, -0.15) is 13.0 Å². The van der Waals surface area contributed by atoms with Crippen molar-refractivity contribution in [3.63, 3.8) is 0 Å². The van der Waals surface area contributed by atoms with E-state index in [0.29, 0.717) is 24.8 Å². The van der Waals surface area contributed by atoms with Crippen molar-refractivity contribution in [1.82, 2.24) is 0 Å². The number of anilines is 1. The molecule has 2 aliphatic rings. The fourth-order valence-electron chi connectivity index (χ4n) is 8.08. The molecule has 6 rings (SSSR count). The monoisotopic (exact) mass is 837 g/mol. The smallest absolute Gasteiger partial charge is 0.425 e. The number of hydrogen-bond acceptors (Lipinski definition) is 10. The lowest BCUT2D eigenvalue weighted by molar-refractivity contribution is -0.438. The summed E-state index contributed by atoms with van der Waals surface area (Å²) in [5, 5.41) is 13.0. The number of rotatable bonds is 10. The quantitative estimate of drug-likeness (QED) is 0.0719. The van der Waals surface area contributed by atoms with E-state index in [0.717, 1.165) is 28.9 Å². The Balaban J connectivity index is 0.000000824. The molecule has 2 heterocycles. The van der Waals surface area contributed by atoms with Crippen molar-refractivity contribution < 1.29 is 52.7 Å². The topological polar surface area (TPSA) is 200 Å². The van der Waals surface area contributed by atoms with Gasteiger partial charge in [0, 0.05) is 59.3 Å². The second-order valence-electron chi connectivity index (χ2n) is 14.5. The highest BCUT2D eigenvalue weighted by atomic mass is 32.2. The van der Waals surface area contributed by atoms with Gasteiger partial charge in [0.05, 0.1) is 5.41 Å². The van der Waals surface area contributed by atoms with Crippen molar-refractivity contribution in [3.8, 4) is 0 Å². The molecule has 4 aromatic rings. The second kappa shape index (κ2) is 17.9. The summed E-state index contributed by atoms with van der Waals surface area (Å²) >= 11 is 0. The predicted octanol–water partition coefficient (Wildman–Crippen LogP) is 6.99. The molecule has 4 aromatic carbocycles. The number of aliphatic carboxylic acids is 1. The van der Waals surface area contributed by atoms with E-state index in [1.54, 1.807) is 12.1 Å². The van der Waals surface area contributed by atoms with Crippen molar-refractivity contribution in [3.05, 3.63) is 113 Å². The first-order chi connectivity index (χ1) is 26.7. The average molecular weight is 838 g/mol. The summed E-state index contributed by atoms with van der Waals surface area (Å²) in [6.45, 7) is 14.7. The van der Waals surface area contributed by atoms with E-state index in [1.165, 1.54) is 39.4 Å². The summed E-state index contributed by atoms with van der Waals surface area (Å²) in [6, 6.07) is 19.7. The Morgan fingerprint density at radius 3 is 1.96 bits per heavy atom. The van der Waals surface area contributed by atoms with Crippen LogP contribution in [0.2, 0.25) is 0 Å². The van der Waals surface area contributed by atoms with Gasteiger partial charge in [0.2, 0.25) is 5.69 Å². The predicted molar refractivity (Wildman–Crippen MR) is 219 cm³/mol. The molecule has 302 valence electrons. The Bertz CT molecular complexity index is 2670. The van der Waals surface area contributed by atoms with Crippen LogP contribution in [0.3, 0.4) is 0 Å². The fraction of sp³-hybridized carbons (Fsp3) is 0.317. The molecule has 0 radical (unpaired) electrons. The van der Waals surface area contributed by atoms with Gasteiger partial charge in [-0.05, 0) is 85.7 Å². The maximum absolute atomic E-state index is 12.2. The summed E-state index contributed by atoms with van der Waals surface area (Å²) in [4.78, 5) is 13.5. The molecular formula is C41H45N2O11S3+. The molecule has 0 bridgehead atoms. The zero-order valence-corrected chi connectivity index (χ0v) is 34.8. The first kappa shape index (κ1) is 44.4. The lowest BCUT2D eigenvalue weighted by atomic mass is 9.79. The third kappa shape index (κ3) is 9.64. The second-order valence-corrected chi connectivity index (χ2v) is 16.7. The third-order valence-corrected chi connectivity index (χ3v) is 11.2. The largest absolute Gasteiger partial charge is 0.481 e. The van der Waals surface area contributed by atoms with Crippen molar-refractivity contribution in [2.24, 2.45) is 0 Å². The number of unbranched alkanes of at least 4 members (excludes halogenated alkanes) is 1. The van der Waals surface area contributed by atoms with Crippen LogP contribution in [0.15, 0.2) is 102 Å². The molecule has 16 heteroatoms. The summed E-state index contributed by atoms with van der Waals surface area (Å²) in [5.74, 6) is -0.812. The van der Waals surface area contributed by atoms with Crippen molar-refractivity contribution in [1.29, 1.82) is 0 Å². The van der Waals surface area contributed by atoms with E-state index in [1.807, 2.05) is 24.3 Å². The first-order valence-electron chi connectivity index (χ1n) is 18.0. The van der Waals surface area contributed by atoms with Crippen molar-refractivity contribution in [2.75, 3.05) is 18.0 Å². The van der Waals surface area contributed by atoms with Gasteiger partial charge in [-0.25, -0.2) is 0 Å². The van der Waals surface area contributed by atoms with E-state index in [9.17, 15) is 22.9 Å². The minimum absolute atomic E-state index is 0.104. The molecule has 13 nitrogen and oxygen atoms in total. The summed E-state index contributed by atoms with van der Waals surface area (Å²) in [5.41, 5.74) is 7.40. The minimum atomic E-state index is -4.42. The number of fused-ring (bicyclic) bond motifs is 6. The average Bonchev–Trinajstić information content (AvgIpc) is 3.47. The summed E-state index contributed by atoms with van der Waals surface area (Å²) in [7, 11) is -10.6. The zero-order valence-electron chi connectivity index (χ0n) is 32.4. The zero-order chi connectivity index (χ0) is 42.5. The van der Waals surface area contributed by atoms with Gasteiger partial charge in [-0.3, -0.25) is 9.35 Å². The number of carbonyl (C=O) groups is 1. The van der Waals surface area contributed by atoms with Crippen LogP contribution in [-0.2, 0) is 47.0 Å². The maximum Gasteiger partial charge on any atom is 0.425 e. The highest BCUT2D eigenvalue weighted by molar-refractivity contribution is 7.86. The number of nitrogens with zero attached hydrogens (tertiary/aromatic N) is 2. The van der Waals surface area contributed by atoms with E-state index in [4.69, 9.17) is 25.3 Å². The molecule has 0 aromatic heterocycles. The number of allylic oxidation sites excluding steroid dienone is 6. The van der Waals surface area contributed by atoms with Gasteiger partial charge in [0.25, 0.3) is 10.1 Å².